The molecule has 0 amide bonds. The molecule has 0 aliphatic heterocycles. The van der Waals surface area contributed by atoms with E-state index >= 15 is 0 Å². The maximum atomic E-state index is 11.4. The minimum Gasteiger partial charge on any atom is -0.316 e. The zero-order valence-corrected chi connectivity index (χ0v) is 17.8. The van der Waals surface area contributed by atoms with Crippen LogP contribution in [0.15, 0.2) is 0 Å². The molecule has 0 fully saturated rings. The van der Waals surface area contributed by atoms with Gasteiger partial charge in [-0.15, -0.1) is 0 Å². The quantitative estimate of drug-likeness (QED) is 0.171. The molecule has 0 aromatic carbocycles. The summed E-state index contributed by atoms with van der Waals surface area (Å²) in [6.07, 6.45) is 16.5. The first-order valence-corrected chi connectivity index (χ1v) is 13.0. The van der Waals surface area contributed by atoms with Gasteiger partial charge in [-0.2, -0.15) is 14.7 Å². The van der Waals surface area contributed by atoms with E-state index in [1.165, 1.54) is 64.2 Å². The van der Waals surface area contributed by atoms with Crippen LogP contribution in [0.25, 0.3) is 0 Å². The fraction of sp³-hybridized carbons (Fsp3) is 0.941. The Morgan fingerprint density at radius 2 is 1.12 bits per heavy atom. The maximum absolute atomic E-state index is 11.4. The Morgan fingerprint density at radius 1 is 0.769 bits per heavy atom. The molecule has 0 aliphatic carbocycles. The molecule has 0 spiro atoms. The molecule has 0 saturated heterocycles. The van der Waals surface area contributed by atoms with E-state index in [0.29, 0.717) is 6.42 Å². The third-order valence-electron chi connectivity index (χ3n) is 4.26. The Kier molecular flexibility index (Phi) is 15.2. The minimum absolute atomic E-state index is 0.127. The fourth-order valence-corrected chi connectivity index (χ4v) is 4.73. The van der Waals surface area contributed by atoms with Crippen LogP contribution >= 0.6 is 15.5 Å². The molecule has 0 saturated carbocycles. The summed E-state index contributed by atoms with van der Waals surface area (Å²) >= 11 is 0. The van der Waals surface area contributed by atoms with Crippen molar-refractivity contribution in [3.05, 3.63) is 0 Å². The van der Waals surface area contributed by atoms with Crippen LogP contribution in [0.3, 0.4) is 0 Å². The lowest BCUT2D eigenvalue weighted by Crippen LogP contribution is -2.07. The van der Waals surface area contributed by atoms with Gasteiger partial charge < -0.3 is 9.42 Å². The first-order valence-electron chi connectivity index (χ1n) is 9.81. The van der Waals surface area contributed by atoms with Crippen LogP contribution in [0.2, 0.25) is 0 Å². The average Bonchev–Trinajstić information content (AvgIpc) is 2.56. The number of rotatable bonds is 18. The van der Waals surface area contributed by atoms with Crippen LogP contribution in [-0.2, 0) is 9.09 Å². The summed E-state index contributed by atoms with van der Waals surface area (Å²) in [6.45, 7) is 2.10. The Labute approximate surface area is 158 Å². The Balaban J connectivity index is 3.42. The second kappa shape index (κ2) is 15.1. The van der Waals surface area contributed by atoms with Gasteiger partial charge in [0.05, 0.1) is 6.61 Å². The lowest BCUT2D eigenvalue weighted by Gasteiger charge is -2.09. The average molecular weight is 415 g/mol. The number of carbonyl (C=O) groups excluding carboxylic acids is 1. The van der Waals surface area contributed by atoms with Crippen molar-refractivity contribution in [3.63, 3.8) is 0 Å². The van der Waals surface area contributed by atoms with E-state index in [2.05, 4.69) is 11.4 Å². The van der Waals surface area contributed by atoms with Gasteiger partial charge in [-0.25, -0.2) is 9.36 Å². The fourth-order valence-electron chi connectivity index (χ4n) is 2.71. The summed E-state index contributed by atoms with van der Waals surface area (Å²) in [5, 5.41) is -1.92. The normalized spacial score (nSPS) is 14.3. The van der Waals surface area contributed by atoms with Crippen LogP contribution in [-0.4, -0.2) is 31.4 Å². The van der Waals surface area contributed by atoms with Crippen LogP contribution in [0, 0.1) is 0 Å². The summed E-state index contributed by atoms with van der Waals surface area (Å²) in [7, 11) is -9.83. The predicted molar refractivity (Wildman–Crippen MR) is 105 cm³/mol. The second-order valence-electron chi connectivity index (χ2n) is 6.80. The summed E-state index contributed by atoms with van der Waals surface area (Å²) in [5.74, 6) is 0. The van der Waals surface area contributed by atoms with Crippen molar-refractivity contribution >= 4 is 20.8 Å². The summed E-state index contributed by atoms with van der Waals surface area (Å²) < 4.78 is 16.0. The van der Waals surface area contributed by atoms with Crippen molar-refractivity contribution in [2.45, 2.75) is 96.8 Å². The van der Waals surface area contributed by atoms with Crippen molar-refractivity contribution in [1.29, 1.82) is 0 Å². The molecule has 156 valence electrons. The smallest absolute Gasteiger partial charge is 0.316 e. The summed E-state index contributed by atoms with van der Waals surface area (Å²) in [4.78, 5) is 46.5. The van der Waals surface area contributed by atoms with Crippen LogP contribution in [0.1, 0.15) is 96.8 Å². The van der Waals surface area contributed by atoms with Gasteiger partial charge in [-0.05, 0) is 6.42 Å². The van der Waals surface area contributed by atoms with Crippen molar-refractivity contribution in [1.82, 2.24) is 0 Å². The second-order valence-corrected chi connectivity index (χ2v) is 10.4. The molecule has 4 N–H and O–H groups in total. The lowest BCUT2D eigenvalue weighted by molar-refractivity contribution is 0.229. The molecular weight excluding hydrogens is 378 g/mol. The third-order valence-corrected chi connectivity index (χ3v) is 7.36. The van der Waals surface area contributed by atoms with Gasteiger partial charge in [-0.3, -0.25) is 0 Å². The highest BCUT2D eigenvalue weighted by atomic mass is 31.3. The van der Waals surface area contributed by atoms with E-state index in [-0.39, 0.29) is 6.61 Å². The van der Waals surface area contributed by atoms with Gasteiger partial charge in [0, 0.05) is 0 Å². The van der Waals surface area contributed by atoms with E-state index in [0.717, 1.165) is 19.3 Å². The topological polar surface area (TPSA) is 124 Å². The zero-order chi connectivity index (χ0) is 19.9. The van der Waals surface area contributed by atoms with Crippen LogP contribution in [0.4, 0.5) is 4.79 Å². The largest absolute Gasteiger partial charge is 0.492 e. The first kappa shape index (κ1) is 26.1. The number of carbonyl (C=O) groups is 1. The highest BCUT2D eigenvalue weighted by Crippen LogP contribution is 2.62. The molecule has 0 rings (SSSR count). The van der Waals surface area contributed by atoms with Gasteiger partial charge >= 0.3 is 20.8 Å². The Morgan fingerprint density at radius 3 is 1.46 bits per heavy atom. The van der Waals surface area contributed by atoms with E-state index in [1.54, 1.807) is 0 Å². The van der Waals surface area contributed by atoms with Crippen molar-refractivity contribution < 1.29 is 33.5 Å². The zero-order valence-electron chi connectivity index (χ0n) is 16.0. The van der Waals surface area contributed by atoms with E-state index in [1.807, 2.05) is 0 Å². The molecule has 0 aliphatic rings. The van der Waals surface area contributed by atoms with Crippen molar-refractivity contribution in [2.75, 3.05) is 6.61 Å². The number of unbranched alkanes of at least 4 members (excludes halogenated alkanes) is 13. The molecule has 0 heterocycles. The Hall–Kier alpha value is 0.130. The van der Waals surface area contributed by atoms with Gasteiger partial charge in [0.1, 0.15) is 0 Å². The predicted octanol–water partition coefficient (Wildman–Crippen LogP) is 5.53. The molecule has 0 bridgehead atoms. The van der Waals surface area contributed by atoms with E-state index in [9.17, 15) is 14.3 Å². The number of hydrogen-bond acceptors (Lipinski definition) is 6. The van der Waals surface area contributed by atoms with Gasteiger partial charge in [0.2, 0.25) is 0 Å². The molecule has 9 heteroatoms. The van der Waals surface area contributed by atoms with Crippen molar-refractivity contribution in [3.8, 4) is 0 Å². The van der Waals surface area contributed by atoms with Crippen LogP contribution in [0.5, 0.6) is 0 Å². The van der Waals surface area contributed by atoms with E-state index in [4.69, 9.17) is 14.7 Å². The maximum Gasteiger partial charge on any atom is 0.492 e. The SMILES string of the molecule is CCCCCCCCCCCCCCCCOP(=O)(O)C(=O)[P+](O)(O)O. The summed E-state index contributed by atoms with van der Waals surface area (Å²) in [6, 6.07) is 0. The molecule has 0 aromatic heterocycles. The molecule has 26 heavy (non-hydrogen) atoms. The minimum atomic E-state index is -5.00. The van der Waals surface area contributed by atoms with Gasteiger partial charge in [0.25, 0.3) is 0 Å². The third kappa shape index (κ3) is 14.2. The molecule has 7 nitrogen and oxygen atoms in total. The monoisotopic (exact) mass is 415 g/mol. The molecule has 1 atom stereocenters. The lowest BCUT2D eigenvalue weighted by atomic mass is 10.0. The van der Waals surface area contributed by atoms with Crippen LogP contribution < -0.4 is 0 Å². The Bertz CT molecular complexity index is 410. The molecule has 1 unspecified atom stereocenters. The number of hydrogen-bond donors (Lipinski definition) is 4. The first-order chi connectivity index (χ1) is 12.2. The molecule has 0 aromatic rings. The highest BCUT2D eigenvalue weighted by molar-refractivity contribution is 8.00. The standard InChI is InChI=1S/C17H36O7P2/c1-2-3-4-5-6-7-8-9-10-11-12-13-14-15-16-24-26(22,23)17(18)25(19,20)21/h19-21H,2-16H2,1H3/p+1. The molecule has 0 radical (unpaired) electrons. The summed E-state index contributed by atoms with van der Waals surface area (Å²) in [5.41, 5.74) is 0. The van der Waals surface area contributed by atoms with Gasteiger partial charge in [0.15, 0.2) is 0 Å². The highest BCUT2D eigenvalue weighted by Gasteiger charge is 2.56. The van der Waals surface area contributed by atoms with Gasteiger partial charge in [-0.1, -0.05) is 90.4 Å². The van der Waals surface area contributed by atoms with Crippen molar-refractivity contribution in [2.24, 2.45) is 0 Å². The molecular formula is C17H37O7P2+. The van der Waals surface area contributed by atoms with E-state index < -0.39 is 20.8 Å².